The summed E-state index contributed by atoms with van der Waals surface area (Å²) in [5, 5.41) is 19.4. The quantitative estimate of drug-likeness (QED) is 0.154. The normalized spacial score (nSPS) is 15.5. The molecule has 1 aliphatic heterocycles. The highest BCUT2D eigenvalue weighted by Crippen LogP contribution is 2.29. The summed E-state index contributed by atoms with van der Waals surface area (Å²) in [5.74, 6) is -0.255. The Morgan fingerprint density at radius 2 is 1.57 bits per heavy atom. The molecular formula is C42H59N7O7. The maximum atomic E-state index is 14.5. The maximum absolute atomic E-state index is 14.5. The molecule has 2 heterocycles. The molecular weight excluding hydrogens is 715 g/mol. The summed E-state index contributed by atoms with van der Waals surface area (Å²) in [4.78, 5) is 62.1. The van der Waals surface area contributed by atoms with Crippen molar-refractivity contribution in [2.45, 2.75) is 92.2 Å². The molecule has 14 nitrogen and oxygen atoms in total. The lowest BCUT2D eigenvalue weighted by Gasteiger charge is -2.38. The fraction of sp³-hybridized carbons (Fsp3) is 0.500. The van der Waals surface area contributed by atoms with Gasteiger partial charge in [-0.3, -0.25) is 20.0 Å². The molecule has 304 valence electrons. The maximum Gasteiger partial charge on any atom is 0.407 e. The second kappa shape index (κ2) is 19.1. The first-order chi connectivity index (χ1) is 26.4. The van der Waals surface area contributed by atoms with E-state index in [-0.39, 0.29) is 25.5 Å². The third-order valence-electron chi connectivity index (χ3n) is 9.89. The van der Waals surface area contributed by atoms with Crippen molar-refractivity contribution < 1.29 is 33.8 Å². The molecule has 0 aliphatic carbocycles. The van der Waals surface area contributed by atoms with Gasteiger partial charge in [0, 0.05) is 45.1 Å². The molecule has 1 fully saturated rings. The molecule has 1 saturated heterocycles. The van der Waals surface area contributed by atoms with Crippen molar-refractivity contribution in [3.63, 3.8) is 0 Å². The van der Waals surface area contributed by atoms with Crippen molar-refractivity contribution in [1.82, 2.24) is 35.9 Å². The highest BCUT2D eigenvalue weighted by molar-refractivity contribution is 5.89. The minimum absolute atomic E-state index is 0.105. The molecule has 0 unspecified atom stereocenters. The van der Waals surface area contributed by atoms with Gasteiger partial charge in [0.1, 0.15) is 17.8 Å². The van der Waals surface area contributed by atoms with E-state index in [1.165, 1.54) is 7.11 Å². The van der Waals surface area contributed by atoms with E-state index in [1.54, 1.807) is 46.4 Å². The Bertz CT molecular complexity index is 1780. The number of nitrogens with zero attached hydrogens (tertiary/aromatic N) is 4. The highest BCUT2D eigenvalue weighted by atomic mass is 16.5. The number of nitrogens with one attached hydrogen (secondary N) is 3. The Labute approximate surface area is 330 Å². The number of benzene rings is 2. The van der Waals surface area contributed by atoms with Crippen LogP contribution >= 0.6 is 0 Å². The number of aliphatic hydroxyl groups excluding tert-OH is 1. The van der Waals surface area contributed by atoms with Gasteiger partial charge in [-0.2, -0.15) is 0 Å². The first-order valence-electron chi connectivity index (χ1n) is 18.9. The average molecular weight is 774 g/mol. The van der Waals surface area contributed by atoms with Crippen LogP contribution in [0.4, 0.5) is 9.59 Å². The number of aliphatic hydroxyl groups is 1. The monoisotopic (exact) mass is 773 g/mol. The molecule has 0 radical (unpaired) electrons. The topological polar surface area (TPSA) is 166 Å². The summed E-state index contributed by atoms with van der Waals surface area (Å²) in [6.07, 6.45) is 1.78. The number of hydrazine groups is 1. The minimum atomic E-state index is -1.21. The van der Waals surface area contributed by atoms with E-state index < -0.39 is 53.0 Å². The molecule has 1 aromatic heterocycles. The molecule has 4 rings (SSSR count). The first-order valence-corrected chi connectivity index (χ1v) is 18.9. The number of carbonyl (C=O) groups is 4. The zero-order valence-electron chi connectivity index (χ0n) is 34.2. The van der Waals surface area contributed by atoms with Crippen molar-refractivity contribution in [1.29, 1.82) is 0 Å². The molecule has 0 spiro atoms. The number of carbonyl (C=O) groups excluding carboxylic acids is 4. The number of aromatic nitrogens is 1. The van der Waals surface area contributed by atoms with Gasteiger partial charge >= 0.3 is 12.1 Å². The van der Waals surface area contributed by atoms with E-state index in [2.05, 4.69) is 21.0 Å². The second-order valence-corrected chi connectivity index (χ2v) is 16.5. The van der Waals surface area contributed by atoms with Crippen LogP contribution in [0, 0.1) is 17.8 Å². The van der Waals surface area contributed by atoms with E-state index in [1.807, 2.05) is 97.0 Å². The number of hydrogen-bond acceptors (Lipinski definition) is 9. The van der Waals surface area contributed by atoms with Crippen LogP contribution in [0.2, 0.25) is 0 Å². The fourth-order valence-corrected chi connectivity index (χ4v) is 6.80. The number of methoxy groups -OCH3 is 2. The summed E-state index contributed by atoms with van der Waals surface area (Å²) >= 11 is 0. The van der Waals surface area contributed by atoms with Gasteiger partial charge in [0.05, 0.1) is 26.4 Å². The molecule has 1 aliphatic rings. The number of amides is 5. The van der Waals surface area contributed by atoms with Gasteiger partial charge in [0.25, 0.3) is 5.91 Å². The summed E-state index contributed by atoms with van der Waals surface area (Å²) in [6, 6.07) is 15.8. The van der Waals surface area contributed by atoms with E-state index in [0.717, 1.165) is 22.3 Å². The molecule has 5 amide bonds. The second-order valence-electron chi connectivity index (χ2n) is 16.5. The predicted molar refractivity (Wildman–Crippen MR) is 213 cm³/mol. The van der Waals surface area contributed by atoms with Crippen LogP contribution < -0.4 is 20.8 Å². The SMILES string of the molecule is COC(=O)N[C@H](C(=O)NN(Cc1ccc(OC)cc1)C[C@H](O)[C@H](Cc1ccccc1)NC(=O)[C@@H](N1CCN(Cc2cnccc2C)C1=O)C(C)(C)C)C(C)(C)C. The van der Waals surface area contributed by atoms with Gasteiger partial charge in [0.15, 0.2) is 0 Å². The zero-order valence-corrected chi connectivity index (χ0v) is 34.2. The predicted octanol–water partition coefficient (Wildman–Crippen LogP) is 4.44. The average Bonchev–Trinajstić information content (AvgIpc) is 3.48. The number of hydrogen-bond donors (Lipinski definition) is 4. The van der Waals surface area contributed by atoms with E-state index in [4.69, 9.17) is 9.47 Å². The lowest BCUT2D eigenvalue weighted by atomic mass is 9.84. The van der Waals surface area contributed by atoms with Gasteiger partial charge in [0.2, 0.25) is 5.91 Å². The molecule has 4 atom stereocenters. The van der Waals surface area contributed by atoms with Crippen LogP contribution in [0.15, 0.2) is 73.1 Å². The molecule has 4 N–H and O–H groups in total. The Morgan fingerprint density at radius 1 is 0.893 bits per heavy atom. The van der Waals surface area contributed by atoms with Crippen molar-refractivity contribution in [2.24, 2.45) is 10.8 Å². The van der Waals surface area contributed by atoms with Crippen LogP contribution in [0.1, 0.15) is 63.8 Å². The van der Waals surface area contributed by atoms with Crippen LogP contribution in [0.5, 0.6) is 5.75 Å². The fourth-order valence-electron chi connectivity index (χ4n) is 6.80. The lowest BCUT2D eigenvalue weighted by Crippen LogP contribution is -2.61. The number of urea groups is 1. The molecule has 0 bridgehead atoms. The highest BCUT2D eigenvalue weighted by Gasteiger charge is 2.44. The molecule has 3 aromatic rings. The molecule has 2 aromatic carbocycles. The zero-order chi connectivity index (χ0) is 41.2. The Morgan fingerprint density at radius 3 is 2.16 bits per heavy atom. The number of alkyl carbamates (subject to hydrolysis) is 1. The molecule has 0 saturated carbocycles. The summed E-state index contributed by atoms with van der Waals surface area (Å²) in [7, 11) is 2.80. The summed E-state index contributed by atoms with van der Waals surface area (Å²) < 4.78 is 10.1. The summed E-state index contributed by atoms with van der Waals surface area (Å²) in [5.41, 5.74) is 5.20. The standard InChI is InChI=1S/C42H59N7O7/c1-28-19-20-43-24-31(28)26-47-21-22-49(40(47)54)36(42(5,6)7)38(52)44-33(23-29-13-11-10-12-14-29)34(50)27-48(25-30-15-17-32(55-8)18-16-30)46-37(51)35(41(2,3)4)45-39(53)56-9/h10-20,24,33-36,50H,21-23,25-27H2,1-9H3,(H,44,52)(H,45,53)(H,46,51)/t33-,34-,35+,36+/m0/s1. The van der Waals surface area contributed by atoms with E-state index in [9.17, 15) is 24.3 Å². The Hall–Kier alpha value is -5.21. The van der Waals surface area contributed by atoms with Crippen molar-refractivity contribution in [2.75, 3.05) is 33.9 Å². The third kappa shape index (κ3) is 11.9. The van der Waals surface area contributed by atoms with Gasteiger partial charge in [-0.05, 0) is 64.6 Å². The number of ether oxygens (including phenoxy) is 2. The largest absolute Gasteiger partial charge is 0.497 e. The Kier molecular flexibility index (Phi) is 14.8. The number of aryl methyl sites for hydroxylation is 1. The number of pyridine rings is 1. The molecule has 14 heteroatoms. The van der Waals surface area contributed by atoms with Gasteiger partial charge in [-0.15, -0.1) is 0 Å². The van der Waals surface area contributed by atoms with Gasteiger partial charge in [-0.1, -0.05) is 84.0 Å². The van der Waals surface area contributed by atoms with Crippen LogP contribution in [0.3, 0.4) is 0 Å². The lowest BCUT2D eigenvalue weighted by molar-refractivity contribution is -0.133. The smallest absolute Gasteiger partial charge is 0.407 e. The van der Waals surface area contributed by atoms with Gasteiger partial charge in [-0.25, -0.2) is 14.6 Å². The minimum Gasteiger partial charge on any atom is -0.497 e. The van der Waals surface area contributed by atoms with Crippen molar-refractivity contribution in [3.05, 3.63) is 95.3 Å². The number of rotatable bonds is 16. The third-order valence-corrected chi connectivity index (χ3v) is 9.89. The van der Waals surface area contributed by atoms with E-state index in [0.29, 0.717) is 25.4 Å². The van der Waals surface area contributed by atoms with Crippen LogP contribution in [0.25, 0.3) is 0 Å². The Balaban J connectivity index is 1.62. The first kappa shape index (κ1) is 43.5. The van der Waals surface area contributed by atoms with E-state index >= 15 is 0 Å². The van der Waals surface area contributed by atoms with Gasteiger partial charge < -0.3 is 35.0 Å². The van der Waals surface area contributed by atoms with Crippen molar-refractivity contribution in [3.8, 4) is 5.75 Å². The van der Waals surface area contributed by atoms with Crippen molar-refractivity contribution >= 4 is 23.9 Å². The molecule has 56 heavy (non-hydrogen) atoms. The van der Waals surface area contributed by atoms with Crippen LogP contribution in [-0.2, 0) is 33.8 Å². The summed E-state index contributed by atoms with van der Waals surface area (Å²) in [6.45, 7) is 14.4. The van der Waals surface area contributed by atoms with Crippen LogP contribution in [-0.4, -0.2) is 107 Å².